The third-order valence-corrected chi connectivity index (χ3v) is 3.77. The lowest BCUT2D eigenvalue weighted by atomic mass is 10.0. The lowest BCUT2D eigenvalue weighted by molar-refractivity contribution is 0.0876. The Bertz CT molecular complexity index is 386. The van der Waals surface area contributed by atoms with Gasteiger partial charge in [-0.15, -0.1) is 5.10 Å². The zero-order chi connectivity index (χ0) is 12.4. The molecule has 0 bridgehead atoms. The second-order valence-electron chi connectivity index (χ2n) is 5.17. The first-order chi connectivity index (χ1) is 8.84. The van der Waals surface area contributed by atoms with Crippen LogP contribution in [0.3, 0.4) is 0 Å². The monoisotopic (exact) mass is 251 g/mol. The van der Waals surface area contributed by atoms with E-state index in [1.807, 2.05) is 0 Å². The van der Waals surface area contributed by atoms with Gasteiger partial charge in [-0.3, -0.25) is 5.10 Å². The van der Waals surface area contributed by atoms with Gasteiger partial charge in [0, 0.05) is 26.2 Å². The van der Waals surface area contributed by atoms with Crippen LogP contribution in [0, 0.1) is 5.92 Å². The van der Waals surface area contributed by atoms with Gasteiger partial charge in [0.25, 0.3) is 0 Å². The Morgan fingerprint density at radius 1 is 1.33 bits per heavy atom. The molecule has 6 nitrogen and oxygen atoms in total. The van der Waals surface area contributed by atoms with Crippen molar-refractivity contribution < 1.29 is 4.74 Å². The van der Waals surface area contributed by atoms with Gasteiger partial charge in [-0.1, -0.05) is 6.92 Å². The summed E-state index contributed by atoms with van der Waals surface area (Å²) in [4.78, 5) is 6.85. The van der Waals surface area contributed by atoms with E-state index in [1.54, 1.807) is 0 Å². The molecular weight excluding hydrogens is 230 g/mol. The van der Waals surface area contributed by atoms with Gasteiger partial charge >= 0.3 is 0 Å². The van der Waals surface area contributed by atoms with E-state index in [9.17, 15) is 0 Å². The molecule has 2 aliphatic rings. The number of nitrogens with zero attached hydrogens (tertiary/aromatic N) is 3. The van der Waals surface area contributed by atoms with Crippen molar-refractivity contribution in [2.45, 2.75) is 25.9 Å². The molecule has 2 aliphatic heterocycles. The molecule has 100 valence electrons. The van der Waals surface area contributed by atoms with Gasteiger partial charge in [-0.25, -0.2) is 0 Å². The van der Waals surface area contributed by atoms with Crippen molar-refractivity contribution in [2.24, 2.45) is 5.92 Å². The highest BCUT2D eigenvalue weighted by atomic mass is 16.5. The number of ether oxygens (including phenoxy) is 1. The van der Waals surface area contributed by atoms with Crippen LogP contribution in [0.25, 0.3) is 0 Å². The molecule has 0 amide bonds. The lowest BCUT2D eigenvalue weighted by Gasteiger charge is -2.17. The minimum Gasteiger partial charge on any atom is -0.370 e. The summed E-state index contributed by atoms with van der Waals surface area (Å²) in [6.45, 7) is 7.10. The van der Waals surface area contributed by atoms with Crippen molar-refractivity contribution in [1.82, 2.24) is 20.5 Å². The average Bonchev–Trinajstić information content (AvgIpc) is 2.91. The smallest absolute Gasteiger partial charge is 0.244 e. The molecule has 3 heterocycles. The van der Waals surface area contributed by atoms with E-state index in [-0.39, 0.29) is 6.10 Å². The molecule has 2 atom stereocenters. The largest absolute Gasteiger partial charge is 0.370 e. The zero-order valence-electron chi connectivity index (χ0n) is 10.9. The van der Waals surface area contributed by atoms with Gasteiger partial charge in [0.1, 0.15) is 6.10 Å². The first kappa shape index (κ1) is 11.9. The Kier molecular flexibility index (Phi) is 3.47. The van der Waals surface area contributed by atoms with E-state index >= 15 is 0 Å². The van der Waals surface area contributed by atoms with E-state index in [0.29, 0.717) is 5.92 Å². The first-order valence-corrected chi connectivity index (χ1v) is 6.84. The van der Waals surface area contributed by atoms with Crippen LogP contribution in [-0.4, -0.2) is 48.0 Å². The molecule has 0 radical (unpaired) electrons. The van der Waals surface area contributed by atoms with Gasteiger partial charge in [-0.2, -0.15) is 4.98 Å². The molecule has 18 heavy (non-hydrogen) atoms. The molecule has 3 rings (SSSR count). The summed E-state index contributed by atoms with van der Waals surface area (Å²) < 4.78 is 5.71. The summed E-state index contributed by atoms with van der Waals surface area (Å²) in [7, 11) is 0. The number of hydrogen-bond acceptors (Lipinski definition) is 5. The minimum absolute atomic E-state index is 0.0938. The zero-order valence-corrected chi connectivity index (χ0v) is 10.9. The third-order valence-electron chi connectivity index (χ3n) is 3.77. The fourth-order valence-electron chi connectivity index (χ4n) is 2.62. The van der Waals surface area contributed by atoms with Gasteiger partial charge in [0.2, 0.25) is 5.95 Å². The molecular formula is C12H21N5O. The number of nitrogens with one attached hydrogen (secondary N) is 2. The van der Waals surface area contributed by atoms with E-state index < -0.39 is 0 Å². The highest BCUT2D eigenvalue weighted by Crippen LogP contribution is 2.32. The number of H-pyrrole nitrogens is 1. The maximum atomic E-state index is 5.71. The van der Waals surface area contributed by atoms with E-state index in [0.717, 1.165) is 57.4 Å². The van der Waals surface area contributed by atoms with Crippen LogP contribution < -0.4 is 10.2 Å². The molecule has 0 saturated carbocycles. The van der Waals surface area contributed by atoms with Crippen LogP contribution in [0.4, 0.5) is 5.95 Å². The SMILES string of the molecule is CC1CCOC1c1nc(N2CCCNCC2)n[nH]1. The summed E-state index contributed by atoms with van der Waals surface area (Å²) in [5.74, 6) is 2.22. The Labute approximate surface area is 107 Å². The summed E-state index contributed by atoms with van der Waals surface area (Å²) in [5, 5.41) is 10.8. The Hall–Kier alpha value is -1.14. The molecule has 2 unspecified atom stereocenters. The molecule has 2 fully saturated rings. The summed E-state index contributed by atoms with van der Waals surface area (Å²) in [6, 6.07) is 0. The standard InChI is InChI=1S/C12H21N5O/c1-9-3-8-18-10(9)11-14-12(16-15-11)17-6-2-4-13-5-7-17/h9-10,13H,2-8H2,1H3,(H,14,15,16). The van der Waals surface area contributed by atoms with Crippen LogP contribution in [0.15, 0.2) is 0 Å². The summed E-state index contributed by atoms with van der Waals surface area (Å²) >= 11 is 0. The maximum Gasteiger partial charge on any atom is 0.244 e. The Morgan fingerprint density at radius 3 is 3.11 bits per heavy atom. The van der Waals surface area contributed by atoms with E-state index in [1.165, 1.54) is 0 Å². The third kappa shape index (κ3) is 2.35. The predicted molar refractivity (Wildman–Crippen MR) is 68.6 cm³/mol. The van der Waals surface area contributed by atoms with Crippen molar-refractivity contribution >= 4 is 5.95 Å². The number of rotatable bonds is 2. The van der Waals surface area contributed by atoms with Crippen molar-refractivity contribution in [3.8, 4) is 0 Å². The number of hydrogen-bond donors (Lipinski definition) is 2. The highest BCUT2D eigenvalue weighted by Gasteiger charge is 2.29. The number of aromatic nitrogens is 3. The quantitative estimate of drug-likeness (QED) is 0.810. The Morgan fingerprint density at radius 2 is 2.28 bits per heavy atom. The topological polar surface area (TPSA) is 66.1 Å². The molecule has 2 saturated heterocycles. The second-order valence-corrected chi connectivity index (χ2v) is 5.17. The first-order valence-electron chi connectivity index (χ1n) is 6.84. The fraction of sp³-hybridized carbons (Fsp3) is 0.833. The molecule has 2 N–H and O–H groups in total. The molecule has 1 aromatic heterocycles. The number of aromatic amines is 1. The minimum atomic E-state index is 0.0938. The van der Waals surface area contributed by atoms with Crippen molar-refractivity contribution in [3.05, 3.63) is 5.82 Å². The van der Waals surface area contributed by atoms with Crippen molar-refractivity contribution in [1.29, 1.82) is 0 Å². The van der Waals surface area contributed by atoms with Crippen LogP contribution in [0.2, 0.25) is 0 Å². The fourth-order valence-corrected chi connectivity index (χ4v) is 2.62. The van der Waals surface area contributed by atoms with Gasteiger partial charge in [0.05, 0.1) is 0 Å². The van der Waals surface area contributed by atoms with Crippen LogP contribution >= 0.6 is 0 Å². The van der Waals surface area contributed by atoms with E-state index in [4.69, 9.17) is 4.74 Å². The van der Waals surface area contributed by atoms with E-state index in [2.05, 4.69) is 32.3 Å². The molecule has 0 aromatic carbocycles. The molecule has 0 spiro atoms. The van der Waals surface area contributed by atoms with Gasteiger partial charge < -0.3 is 15.0 Å². The van der Waals surface area contributed by atoms with Crippen molar-refractivity contribution in [3.63, 3.8) is 0 Å². The molecule has 6 heteroatoms. The van der Waals surface area contributed by atoms with Gasteiger partial charge in [-0.05, 0) is 25.3 Å². The van der Waals surface area contributed by atoms with Crippen LogP contribution in [0.1, 0.15) is 31.7 Å². The van der Waals surface area contributed by atoms with Gasteiger partial charge in [0.15, 0.2) is 5.82 Å². The summed E-state index contributed by atoms with van der Waals surface area (Å²) in [6.07, 6.45) is 2.34. The van der Waals surface area contributed by atoms with Crippen molar-refractivity contribution in [2.75, 3.05) is 37.7 Å². The lowest BCUT2D eigenvalue weighted by Crippen LogP contribution is -2.28. The molecule has 1 aromatic rings. The predicted octanol–water partition coefficient (Wildman–Crippen LogP) is 0.702. The highest BCUT2D eigenvalue weighted by molar-refractivity contribution is 5.29. The molecule has 0 aliphatic carbocycles. The second kappa shape index (κ2) is 5.24. The normalized spacial score (nSPS) is 29.5. The average molecular weight is 251 g/mol. The maximum absolute atomic E-state index is 5.71. The van der Waals surface area contributed by atoms with Crippen LogP contribution in [-0.2, 0) is 4.74 Å². The Balaban J connectivity index is 1.72. The number of anilines is 1. The van der Waals surface area contributed by atoms with Crippen LogP contribution in [0.5, 0.6) is 0 Å². The summed E-state index contributed by atoms with van der Waals surface area (Å²) in [5.41, 5.74) is 0.